The van der Waals surface area contributed by atoms with Crippen LogP contribution in [0.25, 0.3) is 11.0 Å². The van der Waals surface area contributed by atoms with E-state index in [4.69, 9.17) is 0 Å². The van der Waals surface area contributed by atoms with Crippen LogP contribution >= 0.6 is 0 Å². The molecular formula is C22H21F3N4O2. The first kappa shape index (κ1) is 20.9. The molecule has 2 heterocycles. The van der Waals surface area contributed by atoms with Gasteiger partial charge in [-0.25, -0.2) is 4.98 Å². The number of alkyl halides is 3. The van der Waals surface area contributed by atoms with Crippen LogP contribution in [0.1, 0.15) is 42.6 Å². The summed E-state index contributed by atoms with van der Waals surface area (Å²) in [6.07, 6.45) is -5.39. The van der Waals surface area contributed by atoms with E-state index in [0.717, 1.165) is 0 Å². The number of amides is 2. The summed E-state index contributed by atoms with van der Waals surface area (Å²) in [4.78, 5) is 34.1. The van der Waals surface area contributed by atoms with Gasteiger partial charge in [-0.1, -0.05) is 18.2 Å². The van der Waals surface area contributed by atoms with Crippen LogP contribution in [0.4, 0.5) is 24.8 Å². The number of hydrogen-bond acceptors (Lipinski definition) is 3. The number of H-pyrrole nitrogens is 1. The van der Waals surface area contributed by atoms with Gasteiger partial charge in [0.15, 0.2) is 0 Å². The molecule has 0 saturated heterocycles. The Hall–Kier alpha value is -3.36. The second kappa shape index (κ2) is 7.40. The topological polar surface area (TPSA) is 78.1 Å². The first-order valence-corrected chi connectivity index (χ1v) is 9.85. The average Bonchev–Trinajstić information content (AvgIpc) is 3.17. The molecule has 1 aromatic heterocycles. The van der Waals surface area contributed by atoms with Crippen molar-refractivity contribution in [1.82, 2.24) is 9.97 Å². The molecule has 4 rings (SSSR count). The molecule has 0 atom stereocenters. The Kier molecular flexibility index (Phi) is 4.99. The maximum absolute atomic E-state index is 12.9. The molecule has 0 saturated carbocycles. The third kappa shape index (κ3) is 3.99. The van der Waals surface area contributed by atoms with Crippen molar-refractivity contribution in [2.45, 2.75) is 38.3 Å². The standard InChI is InChI=1S/C22H21F3N4O2/c1-21(2)14-11-15-16(12-17(14)29(19(21)31)10-6-9-22(23,24)25)27-20(26-15)28-18(30)13-7-4-3-5-8-13/h3-5,7-8,11-12H,6,9-10H2,1-2H3,(H2,26,27,28,30). The summed E-state index contributed by atoms with van der Waals surface area (Å²) in [5.74, 6) is -0.313. The zero-order valence-corrected chi connectivity index (χ0v) is 17.0. The van der Waals surface area contributed by atoms with Crippen LogP contribution in [0, 0.1) is 0 Å². The molecular weight excluding hydrogens is 409 g/mol. The van der Waals surface area contributed by atoms with Crippen molar-refractivity contribution in [3.63, 3.8) is 0 Å². The van der Waals surface area contributed by atoms with Gasteiger partial charge in [0.05, 0.1) is 22.1 Å². The molecule has 0 spiro atoms. The maximum atomic E-state index is 12.9. The second-order valence-electron chi connectivity index (χ2n) is 8.09. The summed E-state index contributed by atoms with van der Waals surface area (Å²) in [6, 6.07) is 12.1. The van der Waals surface area contributed by atoms with Gasteiger partial charge in [0.25, 0.3) is 5.91 Å². The predicted octanol–water partition coefficient (Wildman–Crippen LogP) is 4.78. The monoisotopic (exact) mass is 430 g/mol. The lowest BCUT2D eigenvalue weighted by Crippen LogP contribution is -2.37. The average molecular weight is 430 g/mol. The van der Waals surface area contributed by atoms with Crippen molar-refractivity contribution < 1.29 is 22.8 Å². The van der Waals surface area contributed by atoms with E-state index in [0.29, 0.717) is 27.8 Å². The highest BCUT2D eigenvalue weighted by Gasteiger charge is 2.44. The van der Waals surface area contributed by atoms with Gasteiger partial charge in [0, 0.05) is 18.5 Å². The van der Waals surface area contributed by atoms with Crippen LogP contribution in [0.5, 0.6) is 0 Å². The minimum atomic E-state index is -4.26. The fourth-order valence-corrected chi connectivity index (χ4v) is 3.82. The molecule has 1 aliphatic rings. The summed E-state index contributed by atoms with van der Waals surface area (Å²) >= 11 is 0. The van der Waals surface area contributed by atoms with Crippen LogP contribution in [0.2, 0.25) is 0 Å². The highest BCUT2D eigenvalue weighted by Crippen LogP contribution is 2.43. The SMILES string of the molecule is CC1(C)C(=O)N(CCCC(F)(F)F)c2cc3[nH]c(NC(=O)c4ccccc4)nc3cc21. The number of halogens is 3. The molecule has 0 unspecified atom stereocenters. The number of carbonyl (C=O) groups excluding carboxylic acids is 2. The number of benzene rings is 2. The van der Waals surface area contributed by atoms with Crippen molar-refractivity contribution >= 4 is 34.5 Å². The summed E-state index contributed by atoms with van der Waals surface area (Å²) < 4.78 is 37.7. The van der Waals surface area contributed by atoms with E-state index in [9.17, 15) is 22.8 Å². The normalized spacial score (nSPS) is 15.4. The minimum Gasteiger partial charge on any atom is -0.324 e. The summed E-state index contributed by atoms with van der Waals surface area (Å²) in [7, 11) is 0. The van der Waals surface area contributed by atoms with Gasteiger partial charge < -0.3 is 9.88 Å². The highest BCUT2D eigenvalue weighted by atomic mass is 19.4. The molecule has 9 heteroatoms. The van der Waals surface area contributed by atoms with Crippen molar-refractivity contribution in [2.75, 3.05) is 16.8 Å². The van der Waals surface area contributed by atoms with Crippen LogP contribution in [0.15, 0.2) is 42.5 Å². The lowest BCUT2D eigenvalue weighted by molar-refractivity contribution is -0.135. The maximum Gasteiger partial charge on any atom is 0.389 e. The third-order valence-corrected chi connectivity index (χ3v) is 5.45. The van der Waals surface area contributed by atoms with Crippen LogP contribution in [-0.2, 0) is 10.2 Å². The van der Waals surface area contributed by atoms with Gasteiger partial charge in [0.1, 0.15) is 0 Å². The predicted molar refractivity (Wildman–Crippen MR) is 111 cm³/mol. The van der Waals surface area contributed by atoms with E-state index in [1.54, 1.807) is 50.2 Å². The second-order valence-corrected chi connectivity index (χ2v) is 8.09. The number of nitrogens with zero attached hydrogens (tertiary/aromatic N) is 2. The summed E-state index contributed by atoms with van der Waals surface area (Å²) in [6.45, 7) is 3.47. The Bertz CT molecular complexity index is 1150. The Morgan fingerprint density at radius 3 is 2.58 bits per heavy atom. The van der Waals surface area contributed by atoms with Crippen LogP contribution < -0.4 is 10.2 Å². The molecule has 162 valence electrons. The Balaban J connectivity index is 1.62. The number of anilines is 2. The molecule has 2 aromatic carbocycles. The first-order chi connectivity index (χ1) is 14.6. The Morgan fingerprint density at radius 1 is 1.19 bits per heavy atom. The number of nitrogens with one attached hydrogen (secondary N) is 2. The van der Waals surface area contributed by atoms with Gasteiger partial charge in [-0.3, -0.25) is 14.9 Å². The van der Waals surface area contributed by atoms with E-state index < -0.39 is 18.0 Å². The quantitative estimate of drug-likeness (QED) is 0.611. The molecule has 1 aliphatic heterocycles. The number of fused-ring (bicyclic) bond motifs is 2. The number of rotatable bonds is 5. The molecule has 0 bridgehead atoms. The molecule has 0 aliphatic carbocycles. The Labute approximate surface area is 176 Å². The number of aromatic nitrogens is 2. The van der Waals surface area contributed by atoms with E-state index in [1.807, 2.05) is 6.07 Å². The smallest absolute Gasteiger partial charge is 0.324 e. The lowest BCUT2D eigenvalue weighted by Gasteiger charge is -2.20. The van der Waals surface area contributed by atoms with Crippen LogP contribution in [-0.4, -0.2) is 34.5 Å². The Morgan fingerprint density at radius 2 is 1.90 bits per heavy atom. The molecule has 6 nitrogen and oxygen atoms in total. The van der Waals surface area contributed by atoms with Crippen molar-refractivity contribution in [3.8, 4) is 0 Å². The number of hydrogen-bond donors (Lipinski definition) is 2. The van der Waals surface area contributed by atoms with Crippen LogP contribution in [0.3, 0.4) is 0 Å². The number of aromatic amines is 1. The third-order valence-electron chi connectivity index (χ3n) is 5.45. The molecule has 31 heavy (non-hydrogen) atoms. The van der Waals surface area contributed by atoms with E-state index in [2.05, 4.69) is 15.3 Å². The van der Waals surface area contributed by atoms with Gasteiger partial charge in [0.2, 0.25) is 11.9 Å². The van der Waals surface area contributed by atoms with Gasteiger partial charge in [-0.15, -0.1) is 0 Å². The largest absolute Gasteiger partial charge is 0.389 e. The van der Waals surface area contributed by atoms with Crippen molar-refractivity contribution in [1.29, 1.82) is 0 Å². The van der Waals surface area contributed by atoms with E-state index in [-0.39, 0.29) is 30.7 Å². The van der Waals surface area contributed by atoms with E-state index >= 15 is 0 Å². The molecule has 2 N–H and O–H groups in total. The minimum absolute atomic E-state index is 0.0218. The number of imidazole rings is 1. The fourth-order valence-electron chi connectivity index (χ4n) is 3.82. The zero-order valence-electron chi connectivity index (χ0n) is 17.0. The summed E-state index contributed by atoms with van der Waals surface area (Å²) in [5.41, 5.74) is 1.99. The zero-order chi connectivity index (χ0) is 22.4. The fraction of sp³-hybridized carbons (Fsp3) is 0.318. The van der Waals surface area contributed by atoms with Gasteiger partial charge >= 0.3 is 6.18 Å². The van der Waals surface area contributed by atoms with Gasteiger partial charge in [-0.2, -0.15) is 13.2 Å². The van der Waals surface area contributed by atoms with E-state index in [1.165, 1.54) is 4.90 Å². The molecule has 0 fully saturated rings. The highest BCUT2D eigenvalue weighted by molar-refractivity contribution is 6.10. The summed E-state index contributed by atoms with van der Waals surface area (Å²) in [5, 5.41) is 2.70. The molecule has 0 radical (unpaired) electrons. The molecule has 2 amide bonds. The first-order valence-electron chi connectivity index (χ1n) is 9.85. The van der Waals surface area contributed by atoms with Gasteiger partial charge in [-0.05, 0) is 50.1 Å². The lowest BCUT2D eigenvalue weighted by atomic mass is 9.86. The van der Waals surface area contributed by atoms with Crippen molar-refractivity contribution in [3.05, 3.63) is 53.6 Å². The number of carbonyl (C=O) groups is 2. The van der Waals surface area contributed by atoms with Crippen molar-refractivity contribution in [2.24, 2.45) is 0 Å². The molecule has 3 aromatic rings.